The summed E-state index contributed by atoms with van der Waals surface area (Å²) in [5.41, 5.74) is 4.04. The van der Waals surface area contributed by atoms with Crippen LogP contribution in [0.2, 0.25) is 5.02 Å². The highest BCUT2D eigenvalue weighted by molar-refractivity contribution is 7.92. The molecule has 1 aliphatic carbocycles. The van der Waals surface area contributed by atoms with Gasteiger partial charge in [0.15, 0.2) is 5.82 Å². The average molecular weight is 908 g/mol. The predicted molar refractivity (Wildman–Crippen MR) is 238 cm³/mol. The summed E-state index contributed by atoms with van der Waals surface area (Å²) in [5.74, 6) is -0.119. The maximum Gasteiger partial charge on any atom is 0.438 e. The van der Waals surface area contributed by atoms with E-state index in [0.717, 1.165) is 23.7 Å². The number of hydrogen-bond acceptors (Lipinski definition) is 9. The highest BCUT2D eigenvalue weighted by Gasteiger charge is 2.59. The highest BCUT2D eigenvalue weighted by atomic mass is 35.5. The number of fused-ring (bicyclic) bond motifs is 2. The molecule has 2 fully saturated rings. The molecule has 4 aromatic heterocycles. The zero-order valence-corrected chi connectivity index (χ0v) is 37.6. The highest BCUT2D eigenvalue weighted by Crippen LogP contribution is 2.56. The number of rotatable bonds is 9. The van der Waals surface area contributed by atoms with Crippen LogP contribution in [-0.4, -0.2) is 74.1 Å². The van der Waals surface area contributed by atoms with Crippen molar-refractivity contribution in [2.45, 2.75) is 82.7 Å². The van der Waals surface area contributed by atoms with Gasteiger partial charge in [-0.15, -0.1) is 0 Å². The van der Waals surface area contributed by atoms with Gasteiger partial charge in [-0.2, -0.15) is 5.10 Å². The standard InChI is InChI=1S/C46H47ClFN9O6S/c1-6-64(49,61)33-8-10-37(34(47)23-33)54-15-16-55(45(54)60)41-39-28(5)53(14-11-35(39)51-57(41)32-19-25(2)40(48)26(3)20-32)42(58)38-22-31-21-30(29-12-17-62-18-13-29)7-9-36(31)56(38)46(24-27(46)4)43-50-44(59)63-52-43/h7-10,15-16,19-23,27-29,49H,6,11-14,17-18,24H2,1-5H3,(H,50,52,59)/t27-,28-,46-,64-/m0/s1. The van der Waals surface area contributed by atoms with Gasteiger partial charge in [0, 0.05) is 65.7 Å². The van der Waals surface area contributed by atoms with Gasteiger partial charge in [0.25, 0.3) is 5.91 Å². The van der Waals surface area contributed by atoms with Crippen LogP contribution in [0.4, 0.5) is 4.39 Å². The lowest BCUT2D eigenvalue weighted by atomic mass is 9.91. The molecule has 6 heterocycles. The molecule has 2 aliphatic heterocycles. The Morgan fingerprint density at radius 2 is 1.75 bits per heavy atom. The Morgan fingerprint density at radius 1 is 1.03 bits per heavy atom. The third kappa shape index (κ3) is 6.52. The molecule has 4 atom stereocenters. The largest absolute Gasteiger partial charge is 0.438 e. The first-order chi connectivity index (χ1) is 30.6. The van der Waals surface area contributed by atoms with E-state index in [-0.39, 0.29) is 33.3 Å². The SMILES string of the molecule is CC[S@](=N)(=O)c1ccc(-n2ccn(-c3c4c(nn3-c3cc(C)c(F)c(C)c3)CCN(C(=O)c3cc5cc(C6CCOCC6)ccc5n3[C@@]3(c5noc(=O)[nH]5)C[C@@H]3C)[C@H]4C)c2=O)c(Cl)c1. The number of hydrogen-bond donors (Lipinski definition) is 2. The summed E-state index contributed by atoms with van der Waals surface area (Å²) in [6.45, 7) is 10.7. The smallest absolute Gasteiger partial charge is 0.381 e. The number of aromatic amines is 1. The molecule has 0 spiro atoms. The number of ether oxygens (including phenoxy) is 1. The minimum absolute atomic E-state index is 0.00624. The van der Waals surface area contributed by atoms with Gasteiger partial charge in [-0.05, 0) is 117 Å². The van der Waals surface area contributed by atoms with Crippen molar-refractivity contribution in [3.05, 3.63) is 138 Å². The first kappa shape index (κ1) is 41.9. The first-order valence-corrected chi connectivity index (χ1v) is 23.6. The van der Waals surface area contributed by atoms with Gasteiger partial charge in [0.05, 0.1) is 37.9 Å². The Labute approximate surface area is 372 Å². The van der Waals surface area contributed by atoms with Crippen LogP contribution in [0.1, 0.15) is 96.3 Å². The van der Waals surface area contributed by atoms with Crippen molar-refractivity contribution in [2.75, 3.05) is 25.5 Å². The molecule has 0 bridgehead atoms. The molecule has 18 heteroatoms. The third-order valence-corrected chi connectivity index (χ3v) is 15.7. The second-order valence-corrected chi connectivity index (χ2v) is 20.2. The Morgan fingerprint density at radius 3 is 2.41 bits per heavy atom. The molecule has 3 aliphatic rings. The number of H-pyrrole nitrogens is 1. The minimum atomic E-state index is -3.07. The number of aromatic nitrogens is 7. The van der Waals surface area contributed by atoms with E-state index in [1.54, 1.807) is 67.0 Å². The number of carbonyl (C=O) groups excluding carboxylic acids is 1. The molecule has 1 amide bonds. The Bertz CT molecular complexity index is 3260. The number of nitrogens with zero attached hydrogens (tertiary/aromatic N) is 7. The summed E-state index contributed by atoms with van der Waals surface area (Å²) in [6, 6.07) is 15.6. The van der Waals surface area contributed by atoms with Crippen molar-refractivity contribution in [2.24, 2.45) is 5.92 Å². The quantitative estimate of drug-likeness (QED) is 0.148. The zero-order valence-electron chi connectivity index (χ0n) is 36.0. The number of imidazole rings is 1. The first-order valence-electron chi connectivity index (χ1n) is 21.5. The van der Waals surface area contributed by atoms with E-state index in [1.165, 1.54) is 20.8 Å². The molecule has 332 valence electrons. The van der Waals surface area contributed by atoms with E-state index in [0.29, 0.717) is 89.6 Å². The maximum absolute atomic E-state index is 15.5. The Hall–Kier alpha value is -6.04. The van der Waals surface area contributed by atoms with Crippen LogP contribution in [0.15, 0.2) is 86.0 Å². The molecular weight excluding hydrogens is 861 g/mol. The summed E-state index contributed by atoms with van der Waals surface area (Å²) in [6.07, 6.45) is 5.94. The van der Waals surface area contributed by atoms with Gasteiger partial charge in [-0.3, -0.25) is 23.4 Å². The maximum atomic E-state index is 15.5. The van der Waals surface area contributed by atoms with E-state index in [1.807, 2.05) is 17.6 Å². The van der Waals surface area contributed by atoms with E-state index in [9.17, 15) is 13.8 Å². The van der Waals surface area contributed by atoms with Crippen molar-refractivity contribution < 1.29 is 22.7 Å². The molecular formula is C46H47ClFN9O6S. The molecule has 3 aromatic carbocycles. The van der Waals surface area contributed by atoms with E-state index >= 15 is 9.18 Å². The van der Waals surface area contributed by atoms with Crippen LogP contribution in [0.3, 0.4) is 0 Å². The molecule has 0 unspecified atom stereocenters. The van der Waals surface area contributed by atoms with Gasteiger partial charge in [0.1, 0.15) is 22.9 Å². The monoisotopic (exact) mass is 907 g/mol. The minimum Gasteiger partial charge on any atom is -0.381 e. The number of nitrogens with one attached hydrogen (secondary N) is 2. The predicted octanol–water partition coefficient (Wildman–Crippen LogP) is 7.72. The van der Waals surface area contributed by atoms with Crippen molar-refractivity contribution in [3.63, 3.8) is 0 Å². The number of halogens is 2. The summed E-state index contributed by atoms with van der Waals surface area (Å²) in [7, 11) is -3.07. The fourth-order valence-electron chi connectivity index (χ4n) is 9.99. The van der Waals surface area contributed by atoms with Gasteiger partial charge in [-0.1, -0.05) is 36.7 Å². The normalized spacial score (nSPS) is 21.0. The average Bonchev–Trinajstić information content (AvgIpc) is 3.78. The number of aryl methyl sites for hydroxylation is 2. The molecule has 1 saturated heterocycles. The van der Waals surface area contributed by atoms with E-state index < -0.39 is 32.8 Å². The summed E-state index contributed by atoms with van der Waals surface area (Å²) >= 11 is 6.73. The molecule has 7 aromatic rings. The summed E-state index contributed by atoms with van der Waals surface area (Å²) in [4.78, 5) is 47.4. The molecule has 15 nitrogen and oxygen atoms in total. The molecule has 64 heavy (non-hydrogen) atoms. The fourth-order valence-corrected chi connectivity index (χ4v) is 11.3. The van der Waals surface area contributed by atoms with Gasteiger partial charge in [-0.25, -0.2) is 27.6 Å². The van der Waals surface area contributed by atoms with E-state index in [4.69, 9.17) is 30.7 Å². The van der Waals surface area contributed by atoms with Crippen molar-refractivity contribution in [3.8, 4) is 17.2 Å². The number of carbonyl (C=O) groups is 1. The zero-order chi connectivity index (χ0) is 45.0. The number of benzene rings is 3. The lowest BCUT2D eigenvalue weighted by Gasteiger charge is -2.34. The Balaban J connectivity index is 1.12. The van der Waals surface area contributed by atoms with Crippen molar-refractivity contribution in [1.82, 2.24) is 38.5 Å². The van der Waals surface area contributed by atoms with Crippen LogP contribution in [0.5, 0.6) is 0 Å². The second kappa shape index (κ2) is 15.3. The van der Waals surface area contributed by atoms with Gasteiger partial charge < -0.3 is 14.2 Å². The van der Waals surface area contributed by atoms with Crippen LogP contribution in [0, 0.1) is 30.4 Å². The lowest BCUT2D eigenvalue weighted by molar-refractivity contribution is 0.0663. The fraction of sp³-hybridized carbons (Fsp3) is 0.370. The van der Waals surface area contributed by atoms with Crippen LogP contribution in [-0.2, 0) is 26.4 Å². The van der Waals surface area contributed by atoms with Crippen molar-refractivity contribution >= 4 is 38.1 Å². The molecule has 0 radical (unpaired) electrons. The van der Waals surface area contributed by atoms with Gasteiger partial charge >= 0.3 is 11.4 Å². The summed E-state index contributed by atoms with van der Waals surface area (Å²) < 4.78 is 53.4. The van der Waals surface area contributed by atoms with E-state index in [2.05, 4.69) is 35.3 Å². The van der Waals surface area contributed by atoms with Crippen molar-refractivity contribution in [1.29, 1.82) is 4.78 Å². The van der Waals surface area contributed by atoms with Crippen LogP contribution < -0.4 is 11.4 Å². The molecule has 1 saturated carbocycles. The molecule has 2 N–H and O–H groups in total. The number of amides is 1. The molecule has 10 rings (SSSR count). The van der Waals surface area contributed by atoms with Crippen LogP contribution in [0.25, 0.3) is 28.1 Å². The van der Waals surface area contributed by atoms with Gasteiger partial charge in [0.2, 0.25) is 0 Å². The lowest BCUT2D eigenvalue weighted by Crippen LogP contribution is -2.41. The second-order valence-electron chi connectivity index (χ2n) is 17.4. The summed E-state index contributed by atoms with van der Waals surface area (Å²) in [5, 5.41) is 10.3. The van der Waals surface area contributed by atoms with Crippen LogP contribution >= 0.6 is 11.6 Å². The Kier molecular flexibility index (Phi) is 10.0. The topological polar surface area (TPSA) is 179 Å². The third-order valence-electron chi connectivity index (χ3n) is 13.6.